The Balaban J connectivity index is 1.32. The van der Waals surface area contributed by atoms with E-state index in [1.54, 1.807) is 12.1 Å². The Kier molecular flexibility index (Phi) is 4.29. The number of benzene rings is 1. The summed E-state index contributed by atoms with van der Waals surface area (Å²) in [7, 11) is 0. The molecule has 0 aromatic heterocycles. The smallest absolute Gasteiger partial charge is 0.262 e. The lowest BCUT2D eigenvalue weighted by Gasteiger charge is -2.27. The molecule has 4 amide bonds. The Hall–Kier alpha value is -2.58. The normalized spacial score (nSPS) is 27.5. The van der Waals surface area contributed by atoms with Crippen molar-refractivity contribution in [1.29, 1.82) is 0 Å². The van der Waals surface area contributed by atoms with E-state index in [9.17, 15) is 19.2 Å². The lowest BCUT2D eigenvalue weighted by Crippen LogP contribution is -2.54. The van der Waals surface area contributed by atoms with Crippen LogP contribution in [-0.4, -0.2) is 54.2 Å². The van der Waals surface area contributed by atoms with Crippen LogP contribution in [0, 0.1) is 11.3 Å². The van der Waals surface area contributed by atoms with Gasteiger partial charge in [0.1, 0.15) is 6.04 Å². The van der Waals surface area contributed by atoms with Gasteiger partial charge in [0.05, 0.1) is 11.1 Å². The minimum atomic E-state index is -0.930. The van der Waals surface area contributed by atoms with E-state index in [0.717, 1.165) is 30.1 Å². The van der Waals surface area contributed by atoms with E-state index in [4.69, 9.17) is 0 Å². The van der Waals surface area contributed by atoms with E-state index in [1.165, 1.54) is 12.8 Å². The van der Waals surface area contributed by atoms with Gasteiger partial charge in [0.2, 0.25) is 11.8 Å². The van der Waals surface area contributed by atoms with Gasteiger partial charge < -0.3 is 10.6 Å². The highest BCUT2D eigenvalue weighted by Crippen LogP contribution is 2.53. The molecule has 5 rings (SSSR count). The second kappa shape index (κ2) is 6.74. The average Bonchev–Trinajstić information content (AvgIpc) is 3.30. The standard InChI is InChI=1S/C21H24N4O4/c26-16-5-4-15(18(27)24-16)25-19(28)14-3-1-2-12(17(14)20(25)29)8-22-9-13-10-23-11-21(13)6-7-21/h1-3,13,15,22-23H,4-11H2,(H,24,26,27). The molecule has 3 fully saturated rings. The molecule has 1 aromatic carbocycles. The first-order valence-corrected chi connectivity index (χ1v) is 10.3. The van der Waals surface area contributed by atoms with Gasteiger partial charge in [-0.25, -0.2) is 0 Å². The molecule has 1 aromatic rings. The first kappa shape index (κ1) is 18.4. The molecule has 29 heavy (non-hydrogen) atoms. The zero-order valence-corrected chi connectivity index (χ0v) is 16.1. The fourth-order valence-corrected chi connectivity index (χ4v) is 5.00. The van der Waals surface area contributed by atoms with Crippen molar-refractivity contribution in [1.82, 2.24) is 20.9 Å². The average molecular weight is 396 g/mol. The van der Waals surface area contributed by atoms with Crippen LogP contribution in [0.3, 0.4) is 0 Å². The lowest BCUT2D eigenvalue weighted by molar-refractivity contribution is -0.136. The molecule has 0 bridgehead atoms. The second-order valence-corrected chi connectivity index (χ2v) is 8.61. The molecule has 8 heteroatoms. The van der Waals surface area contributed by atoms with E-state index >= 15 is 0 Å². The van der Waals surface area contributed by atoms with Crippen molar-refractivity contribution < 1.29 is 19.2 Å². The maximum absolute atomic E-state index is 13.1. The third-order valence-corrected chi connectivity index (χ3v) is 6.89. The summed E-state index contributed by atoms with van der Waals surface area (Å²) in [6.45, 7) is 3.47. The van der Waals surface area contributed by atoms with Gasteiger partial charge in [-0.2, -0.15) is 0 Å². The maximum Gasteiger partial charge on any atom is 0.262 e. The van der Waals surface area contributed by atoms with E-state index in [-0.39, 0.29) is 18.7 Å². The molecule has 2 atom stereocenters. The summed E-state index contributed by atoms with van der Waals surface area (Å²) in [6.07, 6.45) is 2.85. The number of rotatable bonds is 5. The minimum Gasteiger partial charge on any atom is -0.316 e. The number of hydrogen-bond acceptors (Lipinski definition) is 6. The summed E-state index contributed by atoms with van der Waals surface area (Å²) in [5, 5.41) is 9.16. The predicted octanol–water partition coefficient (Wildman–Crippen LogP) is 0.177. The molecule has 2 saturated heterocycles. The van der Waals surface area contributed by atoms with Crippen molar-refractivity contribution in [2.24, 2.45) is 11.3 Å². The van der Waals surface area contributed by atoms with Crippen LogP contribution in [0.25, 0.3) is 0 Å². The molecule has 8 nitrogen and oxygen atoms in total. The fourth-order valence-electron chi connectivity index (χ4n) is 5.00. The third-order valence-electron chi connectivity index (χ3n) is 6.89. The van der Waals surface area contributed by atoms with Crippen LogP contribution in [0.15, 0.2) is 18.2 Å². The highest BCUT2D eigenvalue weighted by atomic mass is 16.2. The zero-order chi connectivity index (χ0) is 20.2. The molecule has 0 radical (unpaired) electrons. The van der Waals surface area contributed by atoms with Crippen molar-refractivity contribution >= 4 is 23.6 Å². The maximum atomic E-state index is 13.1. The van der Waals surface area contributed by atoms with Crippen LogP contribution in [0.5, 0.6) is 0 Å². The summed E-state index contributed by atoms with van der Waals surface area (Å²) < 4.78 is 0. The third kappa shape index (κ3) is 2.98. The number of nitrogens with zero attached hydrogens (tertiary/aromatic N) is 1. The Morgan fingerprint density at radius 2 is 1.97 bits per heavy atom. The minimum absolute atomic E-state index is 0.120. The topological polar surface area (TPSA) is 108 Å². The van der Waals surface area contributed by atoms with E-state index < -0.39 is 23.8 Å². The summed E-state index contributed by atoms with van der Waals surface area (Å²) in [5.41, 5.74) is 1.94. The van der Waals surface area contributed by atoms with Crippen LogP contribution in [0.2, 0.25) is 0 Å². The van der Waals surface area contributed by atoms with Gasteiger partial charge in [0, 0.05) is 26.1 Å². The molecule has 1 saturated carbocycles. The molecule has 1 aliphatic carbocycles. The molecule has 3 N–H and O–H groups in total. The summed E-state index contributed by atoms with van der Waals surface area (Å²) >= 11 is 0. The summed E-state index contributed by atoms with van der Waals surface area (Å²) in [4.78, 5) is 50.6. The van der Waals surface area contributed by atoms with Crippen LogP contribution in [0.1, 0.15) is 52.0 Å². The van der Waals surface area contributed by atoms with Crippen molar-refractivity contribution in [2.45, 2.75) is 38.3 Å². The molecule has 2 unspecified atom stereocenters. The van der Waals surface area contributed by atoms with Crippen molar-refractivity contribution in [3.05, 3.63) is 34.9 Å². The van der Waals surface area contributed by atoms with E-state index in [2.05, 4.69) is 16.0 Å². The van der Waals surface area contributed by atoms with Gasteiger partial charge in [-0.15, -0.1) is 0 Å². The number of carbonyl (C=O) groups is 4. The summed E-state index contributed by atoms with van der Waals surface area (Å²) in [6, 6.07) is 4.32. The monoisotopic (exact) mass is 396 g/mol. The molecule has 4 aliphatic rings. The predicted molar refractivity (Wildman–Crippen MR) is 103 cm³/mol. The van der Waals surface area contributed by atoms with Gasteiger partial charge in [-0.1, -0.05) is 12.1 Å². The lowest BCUT2D eigenvalue weighted by atomic mass is 9.93. The number of nitrogens with one attached hydrogen (secondary N) is 3. The quantitative estimate of drug-likeness (QED) is 0.613. The Bertz CT molecular complexity index is 923. The van der Waals surface area contributed by atoms with E-state index in [0.29, 0.717) is 29.0 Å². The molecular weight excluding hydrogens is 372 g/mol. The molecule has 152 valence electrons. The summed E-state index contributed by atoms with van der Waals surface area (Å²) in [5.74, 6) is -1.27. The molecule has 1 spiro atoms. The van der Waals surface area contributed by atoms with Crippen LogP contribution in [-0.2, 0) is 16.1 Å². The van der Waals surface area contributed by atoms with E-state index in [1.807, 2.05) is 6.07 Å². The molecule has 3 aliphatic heterocycles. The van der Waals surface area contributed by atoms with Gasteiger partial charge >= 0.3 is 0 Å². The molecule has 3 heterocycles. The number of fused-ring (bicyclic) bond motifs is 1. The van der Waals surface area contributed by atoms with Gasteiger partial charge in [0.15, 0.2) is 0 Å². The van der Waals surface area contributed by atoms with Crippen molar-refractivity contribution in [3.8, 4) is 0 Å². The highest BCUT2D eigenvalue weighted by Gasteiger charge is 2.51. The largest absolute Gasteiger partial charge is 0.316 e. The number of piperidine rings is 1. The van der Waals surface area contributed by atoms with Gasteiger partial charge in [-0.3, -0.25) is 29.4 Å². The van der Waals surface area contributed by atoms with Gasteiger partial charge in [0.25, 0.3) is 11.8 Å². The van der Waals surface area contributed by atoms with Gasteiger partial charge in [-0.05, 0) is 48.8 Å². The van der Waals surface area contributed by atoms with Crippen molar-refractivity contribution in [2.75, 3.05) is 19.6 Å². The van der Waals surface area contributed by atoms with Crippen LogP contribution < -0.4 is 16.0 Å². The number of carbonyl (C=O) groups excluding carboxylic acids is 4. The first-order valence-electron chi connectivity index (χ1n) is 10.3. The Morgan fingerprint density at radius 1 is 1.14 bits per heavy atom. The highest BCUT2D eigenvalue weighted by molar-refractivity contribution is 6.24. The molecular formula is C21H24N4O4. The number of hydrogen-bond donors (Lipinski definition) is 3. The van der Waals surface area contributed by atoms with Crippen molar-refractivity contribution in [3.63, 3.8) is 0 Å². The SMILES string of the molecule is O=C1CCC(N2C(=O)c3cccc(CNCC4CNCC45CC5)c3C2=O)C(=O)N1. The van der Waals surface area contributed by atoms with Crippen LogP contribution >= 0.6 is 0 Å². The number of imide groups is 2. The Labute approximate surface area is 168 Å². The number of amides is 4. The second-order valence-electron chi connectivity index (χ2n) is 8.61. The van der Waals surface area contributed by atoms with Crippen LogP contribution in [0.4, 0.5) is 0 Å². The first-order chi connectivity index (χ1) is 14.0. The zero-order valence-electron chi connectivity index (χ0n) is 16.1. The Morgan fingerprint density at radius 3 is 2.72 bits per heavy atom. The fraction of sp³-hybridized carbons (Fsp3) is 0.524.